The standard InChI is InChI=1S/C20H16N2O2S2/c23-19-11-17(16-7-1-2-8-18(16)21-19)20(24)22(12-14-5-3-9-25-14)13-15-6-4-10-26-15/h1-11H,12-13H2,(H,21,23). The number of aromatic nitrogens is 1. The van der Waals surface area contributed by atoms with Crippen molar-refractivity contribution in [3.63, 3.8) is 0 Å². The molecule has 0 saturated heterocycles. The van der Waals surface area contributed by atoms with Crippen LogP contribution in [0.15, 0.2) is 70.2 Å². The number of thiophene rings is 2. The van der Waals surface area contributed by atoms with Gasteiger partial charge in [0.05, 0.1) is 18.7 Å². The first-order valence-electron chi connectivity index (χ1n) is 8.17. The number of hydrogen-bond donors (Lipinski definition) is 1. The fraction of sp³-hybridized carbons (Fsp3) is 0.100. The molecular weight excluding hydrogens is 364 g/mol. The Morgan fingerprint density at radius 1 is 0.923 bits per heavy atom. The second kappa shape index (κ2) is 7.27. The molecule has 0 fully saturated rings. The average Bonchev–Trinajstić information content (AvgIpc) is 3.34. The molecule has 6 heteroatoms. The number of carbonyl (C=O) groups is 1. The van der Waals surface area contributed by atoms with Gasteiger partial charge in [-0.15, -0.1) is 22.7 Å². The first-order chi connectivity index (χ1) is 12.7. The molecule has 1 aromatic carbocycles. The van der Waals surface area contributed by atoms with Gasteiger partial charge in [-0.05, 0) is 29.0 Å². The predicted octanol–water partition coefficient (Wildman–Crippen LogP) is 4.49. The number of para-hydroxylation sites is 1. The van der Waals surface area contributed by atoms with Crippen molar-refractivity contribution in [1.82, 2.24) is 9.88 Å². The first kappa shape index (κ1) is 16.8. The van der Waals surface area contributed by atoms with Crippen LogP contribution < -0.4 is 5.56 Å². The summed E-state index contributed by atoms with van der Waals surface area (Å²) in [6.45, 7) is 1.05. The third-order valence-electron chi connectivity index (χ3n) is 4.12. The van der Waals surface area contributed by atoms with Gasteiger partial charge in [0.2, 0.25) is 5.56 Å². The summed E-state index contributed by atoms with van der Waals surface area (Å²) in [5.74, 6) is -0.130. The van der Waals surface area contributed by atoms with Gasteiger partial charge >= 0.3 is 0 Å². The Labute approximate surface area is 158 Å². The molecule has 0 saturated carbocycles. The fourth-order valence-corrected chi connectivity index (χ4v) is 4.37. The van der Waals surface area contributed by atoms with Gasteiger partial charge in [0.25, 0.3) is 5.91 Å². The molecule has 0 atom stereocenters. The van der Waals surface area contributed by atoms with Crippen molar-refractivity contribution >= 4 is 39.5 Å². The lowest BCUT2D eigenvalue weighted by molar-refractivity contribution is 0.0735. The van der Waals surface area contributed by atoms with Gasteiger partial charge in [0.1, 0.15) is 0 Å². The average molecular weight is 380 g/mol. The van der Waals surface area contributed by atoms with E-state index in [1.54, 1.807) is 27.6 Å². The normalized spacial score (nSPS) is 10.9. The molecule has 0 radical (unpaired) electrons. The van der Waals surface area contributed by atoms with E-state index in [1.807, 2.05) is 59.3 Å². The van der Waals surface area contributed by atoms with E-state index >= 15 is 0 Å². The molecule has 3 heterocycles. The van der Waals surface area contributed by atoms with Gasteiger partial charge in [-0.2, -0.15) is 0 Å². The second-order valence-corrected chi connectivity index (χ2v) is 7.98. The Bertz CT molecular complexity index is 1050. The molecule has 3 aromatic heterocycles. The number of benzene rings is 1. The second-order valence-electron chi connectivity index (χ2n) is 5.91. The Morgan fingerprint density at radius 2 is 1.58 bits per heavy atom. The lowest BCUT2D eigenvalue weighted by Crippen LogP contribution is -2.30. The van der Waals surface area contributed by atoms with Crippen LogP contribution in [0.1, 0.15) is 20.1 Å². The topological polar surface area (TPSA) is 53.2 Å². The molecule has 0 aliphatic heterocycles. The number of carbonyl (C=O) groups excluding carboxylic acids is 1. The smallest absolute Gasteiger partial charge is 0.255 e. The lowest BCUT2D eigenvalue weighted by Gasteiger charge is -2.22. The summed E-state index contributed by atoms with van der Waals surface area (Å²) < 4.78 is 0. The molecule has 0 aliphatic carbocycles. The van der Waals surface area contributed by atoms with E-state index < -0.39 is 0 Å². The minimum atomic E-state index is -0.265. The van der Waals surface area contributed by atoms with Crippen LogP contribution in [0.5, 0.6) is 0 Å². The molecular formula is C20H16N2O2S2. The van der Waals surface area contributed by atoms with Crippen molar-refractivity contribution in [2.75, 3.05) is 0 Å². The van der Waals surface area contributed by atoms with E-state index in [0.29, 0.717) is 24.2 Å². The van der Waals surface area contributed by atoms with E-state index in [2.05, 4.69) is 4.98 Å². The number of rotatable bonds is 5. The Morgan fingerprint density at radius 3 is 2.19 bits per heavy atom. The number of H-pyrrole nitrogens is 1. The van der Waals surface area contributed by atoms with Crippen molar-refractivity contribution in [2.24, 2.45) is 0 Å². The molecule has 4 nitrogen and oxygen atoms in total. The minimum Gasteiger partial charge on any atom is -0.328 e. The number of amides is 1. The van der Waals surface area contributed by atoms with Gasteiger partial charge < -0.3 is 9.88 Å². The third-order valence-corrected chi connectivity index (χ3v) is 5.84. The van der Waals surface area contributed by atoms with Gasteiger partial charge in [0, 0.05) is 26.7 Å². The molecule has 4 rings (SSSR count). The zero-order valence-corrected chi connectivity index (χ0v) is 15.5. The van der Waals surface area contributed by atoms with Crippen LogP contribution in [0.25, 0.3) is 10.9 Å². The van der Waals surface area contributed by atoms with E-state index in [9.17, 15) is 9.59 Å². The van der Waals surface area contributed by atoms with Crippen molar-refractivity contribution in [1.29, 1.82) is 0 Å². The third kappa shape index (κ3) is 3.47. The van der Waals surface area contributed by atoms with E-state index in [4.69, 9.17) is 0 Å². The quantitative estimate of drug-likeness (QED) is 0.554. The van der Waals surface area contributed by atoms with Gasteiger partial charge in [-0.25, -0.2) is 0 Å². The van der Waals surface area contributed by atoms with Crippen molar-refractivity contribution in [3.8, 4) is 0 Å². The lowest BCUT2D eigenvalue weighted by atomic mass is 10.1. The molecule has 4 aromatic rings. The molecule has 1 N–H and O–H groups in total. The van der Waals surface area contributed by atoms with Crippen LogP contribution in [-0.2, 0) is 13.1 Å². The van der Waals surface area contributed by atoms with Crippen LogP contribution in [0, 0.1) is 0 Å². The Hall–Kier alpha value is -2.70. The number of nitrogens with zero attached hydrogens (tertiary/aromatic N) is 1. The summed E-state index contributed by atoms with van der Waals surface area (Å²) in [7, 11) is 0. The van der Waals surface area contributed by atoms with E-state index in [-0.39, 0.29) is 11.5 Å². The first-order valence-corrected chi connectivity index (χ1v) is 9.93. The van der Waals surface area contributed by atoms with Crippen LogP contribution in [0.2, 0.25) is 0 Å². The number of hydrogen-bond acceptors (Lipinski definition) is 4. The number of aromatic amines is 1. The molecule has 1 amide bonds. The fourth-order valence-electron chi connectivity index (χ4n) is 2.93. The highest BCUT2D eigenvalue weighted by Gasteiger charge is 2.20. The highest BCUT2D eigenvalue weighted by molar-refractivity contribution is 7.10. The number of nitrogens with one attached hydrogen (secondary N) is 1. The van der Waals surface area contributed by atoms with E-state index in [0.717, 1.165) is 15.1 Å². The maximum Gasteiger partial charge on any atom is 0.255 e. The van der Waals surface area contributed by atoms with Crippen LogP contribution in [-0.4, -0.2) is 15.8 Å². The summed E-state index contributed by atoms with van der Waals surface area (Å²) in [6, 6.07) is 16.8. The summed E-state index contributed by atoms with van der Waals surface area (Å²) in [5, 5.41) is 4.77. The molecule has 130 valence electrons. The zero-order valence-electron chi connectivity index (χ0n) is 13.8. The van der Waals surface area contributed by atoms with E-state index in [1.165, 1.54) is 6.07 Å². The van der Waals surface area contributed by atoms with Crippen molar-refractivity contribution in [3.05, 3.63) is 91.0 Å². The molecule has 0 unspecified atom stereocenters. The molecule has 0 aliphatic rings. The highest BCUT2D eigenvalue weighted by atomic mass is 32.1. The number of fused-ring (bicyclic) bond motifs is 1. The number of pyridine rings is 1. The Kier molecular flexibility index (Phi) is 4.69. The summed E-state index contributed by atoms with van der Waals surface area (Å²) in [4.78, 5) is 32.2. The summed E-state index contributed by atoms with van der Waals surface area (Å²) in [5.41, 5.74) is 0.854. The van der Waals surface area contributed by atoms with Gasteiger partial charge in [-0.1, -0.05) is 30.3 Å². The summed E-state index contributed by atoms with van der Waals surface area (Å²) in [6.07, 6.45) is 0. The van der Waals surface area contributed by atoms with Crippen molar-refractivity contribution in [2.45, 2.75) is 13.1 Å². The van der Waals surface area contributed by atoms with Crippen LogP contribution in [0.3, 0.4) is 0 Å². The molecule has 0 bridgehead atoms. The molecule has 0 spiro atoms. The minimum absolute atomic E-state index is 0.130. The highest BCUT2D eigenvalue weighted by Crippen LogP contribution is 2.22. The SMILES string of the molecule is O=C(c1cc(=O)[nH]c2ccccc12)N(Cc1cccs1)Cc1cccs1. The Balaban J connectivity index is 1.75. The predicted molar refractivity (Wildman–Crippen MR) is 107 cm³/mol. The van der Waals surface area contributed by atoms with Crippen LogP contribution in [0.4, 0.5) is 0 Å². The maximum atomic E-state index is 13.3. The van der Waals surface area contributed by atoms with Crippen molar-refractivity contribution < 1.29 is 4.79 Å². The monoisotopic (exact) mass is 380 g/mol. The zero-order chi connectivity index (χ0) is 17.9. The van der Waals surface area contributed by atoms with Crippen LogP contribution >= 0.6 is 22.7 Å². The molecule has 26 heavy (non-hydrogen) atoms. The van der Waals surface area contributed by atoms with Gasteiger partial charge in [-0.3, -0.25) is 9.59 Å². The van der Waals surface area contributed by atoms with Gasteiger partial charge in [0.15, 0.2) is 0 Å². The maximum absolute atomic E-state index is 13.3. The summed E-state index contributed by atoms with van der Waals surface area (Å²) >= 11 is 3.25. The largest absolute Gasteiger partial charge is 0.328 e.